The molecule has 1 aromatic carbocycles. The van der Waals surface area contributed by atoms with Crippen LogP contribution < -0.4 is 0 Å². The van der Waals surface area contributed by atoms with E-state index in [2.05, 4.69) is 4.90 Å². The maximum Gasteiger partial charge on any atom is 0.256 e. The molecular formula is C15H17F3N2O. The van der Waals surface area contributed by atoms with E-state index in [0.717, 1.165) is 32.4 Å². The van der Waals surface area contributed by atoms with Crippen molar-refractivity contribution >= 4 is 5.91 Å². The summed E-state index contributed by atoms with van der Waals surface area (Å²) in [7, 11) is 0. The molecule has 2 aliphatic heterocycles. The van der Waals surface area contributed by atoms with Crippen molar-refractivity contribution in [3.63, 3.8) is 0 Å². The normalized spacial score (nSPS) is 23.0. The Bertz CT molecular complexity index is 564. The fraction of sp³-hybridized carbons (Fsp3) is 0.533. The van der Waals surface area contributed by atoms with Crippen LogP contribution in [0.3, 0.4) is 0 Å². The molecule has 0 aliphatic carbocycles. The van der Waals surface area contributed by atoms with E-state index >= 15 is 0 Å². The van der Waals surface area contributed by atoms with Crippen molar-refractivity contribution in [2.45, 2.75) is 25.3 Å². The van der Waals surface area contributed by atoms with Gasteiger partial charge in [-0.3, -0.25) is 9.69 Å². The van der Waals surface area contributed by atoms with Crippen molar-refractivity contribution in [3.05, 3.63) is 35.1 Å². The molecule has 2 heterocycles. The Hall–Kier alpha value is -1.56. The zero-order chi connectivity index (χ0) is 15.0. The van der Waals surface area contributed by atoms with Gasteiger partial charge < -0.3 is 4.90 Å². The standard InChI is InChI=1S/C15H17F3N2O/c16-12-8-14(18)13(17)7-11(12)15(21)20-6-2-5-19-4-1-3-10(19)9-20/h7-8,10H,1-6,9H2. The second kappa shape index (κ2) is 5.67. The third-order valence-electron chi connectivity index (χ3n) is 4.33. The monoisotopic (exact) mass is 298 g/mol. The number of carbonyl (C=O) groups excluding carboxylic acids is 1. The number of carbonyl (C=O) groups is 1. The van der Waals surface area contributed by atoms with Crippen LogP contribution in [0.1, 0.15) is 29.6 Å². The minimum Gasteiger partial charge on any atom is -0.337 e. The number of hydrogen-bond acceptors (Lipinski definition) is 2. The molecule has 6 heteroatoms. The molecule has 114 valence electrons. The van der Waals surface area contributed by atoms with E-state index in [1.54, 1.807) is 4.90 Å². The summed E-state index contributed by atoms with van der Waals surface area (Å²) in [6.07, 6.45) is 2.93. The summed E-state index contributed by atoms with van der Waals surface area (Å²) in [5, 5.41) is 0. The minimum absolute atomic E-state index is 0.296. The van der Waals surface area contributed by atoms with Gasteiger partial charge in [0.2, 0.25) is 0 Å². The van der Waals surface area contributed by atoms with Crippen molar-refractivity contribution in [3.8, 4) is 0 Å². The Morgan fingerprint density at radius 3 is 2.52 bits per heavy atom. The predicted molar refractivity (Wildman–Crippen MR) is 71.4 cm³/mol. The highest BCUT2D eigenvalue weighted by molar-refractivity contribution is 5.94. The van der Waals surface area contributed by atoms with Gasteiger partial charge in [-0.1, -0.05) is 0 Å². The molecular weight excluding hydrogens is 281 g/mol. The highest BCUT2D eigenvalue weighted by Crippen LogP contribution is 2.23. The van der Waals surface area contributed by atoms with Crippen LogP contribution in [0.25, 0.3) is 0 Å². The van der Waals surface area contributed by atoms with Gasteiger partial charge in [0.15, 0.2) is 11.6 Å². The van der Waals surface area contributed by atoms with Crippen LogP contribution in [-0.4, -0.2) is 47.9 Å². The lowest BCUT2D eigenvalue weighted by Gasteiger charge is -2.25. The van der Waals surface area contributed by atoms with Gasteiger partial charge in [0.05, 0.1) is 5.56 Å². The van der Waals surface area contributed by atoms with E-state index < -0.39 is 23.4 Å². The van der Waals surface area contributed by atoms with Crippen molar-refractivity contribution in [2.75, 3.05) is 26.2 Å². The quantitative estimate of drug-likeness (QED) is 0.743. The molecule has 0 spiro atoms. The van der Waals surface area contributed by atoms with Gasteiger partial charge in [-0.15, -0.1) is 0 Å². The Balaban J connectivity index is 1.82. The molecule has 1 amide bonds. The summed E-state index contributed by atoms with van der Waals surface area (Å²) in [6.45, 7) is 3.00. The van der Waals surface area contributed by atoms with E-state index in [-0.39, 0.29) is 5.56 Å². The van der Waals surface area contributed by atoms with Gasteiger partial charge in [0.1, 0.15) is 5.82 Å². The molecule has 1 aromatic rings. The predicted octanol–water partition coefficient (Wildman–Crippen LogP) is 2.41. The fourth-order valence-corrected chi connectivity index (χ4v) is 3.25. The highest BCUT2D eigenvalue weighted by atomic mass is 19.2. The SMILES string of the molecule is O=C(c1cc(F)c(F)cc1F)N1CCCN2CCCC2C1. The first kappa shape index (κ1) is 14.4. The second-order valence-corrected chi connectivity index (χ2v) is 5.68. The molecule has 0 radical (unpaired) electrons. The van der Waals surface area contributed by atoms with Crippen molar-refractivity contribution < 1.29 is 18.0 Å². The molecule has 0 N–H and O–H groups in total. The van der Waals surface area contributed by atoms with Crippen molar-refractivity contribution in [1.29, 1.82) is 0 Å². The second-order valence-electron chi connectivity index (χ2n) is 5.68. The van der Waals surface area contributed by atoms with Crippen LogP contribution in [-0.2, 0) is 0 Å². The summed E-state index contributed by atoms with van der Waals surface area (Å²) in [5.41, 5.74) is -0.389. The number of amides is 1. The molecule has 21 heavy (non-hydrogen) atoms. The lowest BCUT2D eigenvalue weighted by atomic mass is 10.1. The van der Waals surface area contributed by atoms with Gasteiger partial charge in [-0.05, 0) is 31.9 Å². The third kappa shape index (κ3) is 2.77. The first-order chi connectivity index (χ1) is 10.1. The topological polar surface area (TPSA) is 23.6 Å². The number of hydrogen-bond donors (Lipinski definition) is 0. The maximum absolute atomic E-state index is 13.7. The lowest BCUT2D eigenvalue weighted by molar-refractivity contribution is 0.0738. The number of nitrogens with zero attached hydrogens (tertiary/aromatic N) is 2. The zero-order valence-electron chi connectivity index (χ0n) is 11.6. The van der Waals surface area contributed by atoms with Crippen molar-refractivity contribution in [1.82, 2.24) is 9.80 Å². The summed E-state index contributed by atoms with van der Waals surface area (Å²) in [5.74, 6) is -4.04. The summed E-state index contributed by atoms with van der Waals surface area (Å²) >= 11 is 0. The molecule has 1 atom stereocenters. The largest absolute Gasteiger partial charge is 0.337 e. The van der Waals surface area contributed by atoms with E-state index in [4.69, 9.17) is 0 Å². The van der Waals surface area contributed by atoms with Crippen LogP contribution in [0, 0.1) is 17.5 Å². The Labute approximate surface area is 121 Å². The third-order valence-corrected chi connectivity index (χ3v) is 4.33. The van der Waals surface area contributed by atoms with Crippen LogP contribution in [0.15, 0.2) is 12.1 Å². The van der Waals surface area contributed by atoms with Gasteiger partial charge >= 0.3 is 0 Å². The van der Waals surface area contributed by atoms with E-state index in [1.165, 1.54) is 0 Å². The van der Waals surface area contributed by atoms with E-state index in [1.807, 2.05) is 0 Å². The lowest BCUT2D eigenvalue weighted by Crippen LogP contribution is -2.40. The molecule has 0 aromatic heterocycles. The van der Waals surface area contributed by atoms with Gasteiger partial charge in [-0.2, -0.15) is 0 Å². The number of halogens is 3. The number of benzene rings is 1. The average molecular weight is 298 g/mol. The molecule has 2 saturated heterocycles. The molecule has 3 rings (SSSR count). The Morgan fingerprint density at radius 2 is 1.71 bits per heavy atom. The summed E-state index contributed by atoms with van der Waals surface area (Å²) < 4.78 is 40.0. The first-order valence-electron chi connectivity index (χ1n) is 7.24. The molecule has 0 saturated carbocycles. The molecule has 1 unspecified atom stereocenters. The maximum atomic E-state index is 13.7. The first-order valence-corrected chi connectivity index (χ1v) is 7.24. The Kier molecular flexibility index (Phi) is 3.89. The highest BCUT2D eigenvalue weighted by Gasteiger charge is 2.31. The van der Waals surface area contributed by atoms with Crippen molar-refractivity contribution in [2.24, 2.45) is 0 Å². The smallest absolute Gasteiger partial charge is 0.256 e. The zero-order valence-corrected chi connectivity index (χ0v) is 11.6. The number of fused-ring (bicyclic) bond motifs is 1. The van der Waals surface area contributed by atoms with Crippen LogP contribution in [0.2, 0.25) is 0 Å². The molecule has 0 bridgehead atoms. The number of rotatable bonds is 1. The van der Waals surface area contributed by atoms with Crippen LogP contribution in [0.4, 0.5) is 13.2 Å². The van der Waals surface area contributed by atoms with Gasteiger partial charge in [0.25, 0.3) is 5.91 Å². The average Bonchev–Trinajstić information content (AvgIpc) is 2.79. The Morgan fingerprint density at radius 1 is 1.00 bits per heavy atom. The summed E-state index contributed by atoms with van der Waals surface area (Å²) in [4.78, 5) is 16.3. The molecule has 3 nitrogen and oxygen atoms in total. The molecule has 2 fully saturated rings. The van der Waals surface area contributed by atoms with Crippen LogP contribution >= 0.6 is 0 Å². The fourth-order valence-electron chi connectivity index (χ4n) is 3.25. The summed E-state index contributed by atoms with van der Waals surface area (Å²) in [6, 6.07) is 1.39. The van der Waals surface area contributed by atoms with E-state index in [9.17, 15) is 18.0 Å². The minimum atomic E-state index is -1.28. The van der Waals surface area contributed by atoms with Gasteiger partial charge in [0, 0.05) is 31.7 Å². The van der Waals surface area contributed by atoms with Gasteiger partial charge in [-0.25, -0.2) is 13.2 Å². The van der Waals surface area contributed by atoms with Crippen LogP contribution in [0.5, 0.6) is 0 Å². The van der Waals surface area contributed by atoms with E-state index in [0.29, 0.717) is 31.3 Å². The molecule has 2 aliphatic rings.